The van der Waals surface area contributed by atoms with Crippen molar-refractivity contribution in [1.82, 2.24) is 0 Å². The van der Waals surface area contributed by atoms with Gasteiger partial charge in [0.1, 0.15) is 5.60 Å². The molecule has 1 aliphatic heterocycles. The molecule has 1 aliphatic carbocycles. The number of allylic oxidation sites excluding steroid dienone is 1. The second kappa shape index (κ2) is 2.10. The van der Waals surface area contributed by atoms with E-state index in [-0.39, 0.29) is 5.60 Å². The van der Waals surface area contributed by atoms with E-state index in [9.17, 15) is 0 Å². The van der Waals surface area contributed by atoms with Gasteiger partial charge in [0.25, 0.3) is 0 Å². The van der Waals surface area contributed by atoms with E-state index in [1.165, 1.54) is 6.42 Å². The lowest BCUT2D eigenvalue weighted by atomic mass is 9.83. The fraction of sp³-hybridized carbons (Fsp3) is 0.800. The van der Waals surface area contributed by atoms with Crippen molar-refractivity contribution in [3.63, 3.8) is 0 Å². The lowest BCUT2D eigenvalue weighted by Crippen LogP contribution is -2.18. The van der Waals surface area contributed by atoms with E-state index in [0.717, 1.165) is 11.8 Å². The van der Waals surface area contributed by atoms with Crippen LogP contribution in [0, 0.1) is 11.8 Å². The van der Waals surface area contributed by atoms with Crippen LogP contribution in [0.1, 0.15) is 27.2 Å². The minimum absolute atomic E-state index is 0.130. The molecule has 0 saturated carbocycles. The molecule has 0 N–H and O–H groups in total. The highest BCUT2D eigenvalue weighted by molar-refractivity contribution is 5.20. The predicted molar refractivity (Wildman–Crippen MR) is 45.4 cm³/mol. The Morgan fingerprint density at radius 3 is 2.82 bits per heavy atom. The van der Waals surface area contributed by atoms with Crippen molar-refractivity contribution in [1.29, 1.82) is 0 Å². The Labute approximate surface area is 68.4 Å². The number of fused-ring (bicyclic) bond motifs is 1. The lowest BCUT2D eigenvalue weighted by Gasteiger charge is -2.19. The van der Waals surface area contributed by atoms with Crippen molar-refractivity contribution >= 4 is 0 Å². The van der Waals surface area contributed by atoms with Gasteiger partial charge in [-0.3, -0.25) is 0 Å². The SMILES string of the molecule is CC(C)[C@H]1C=C[C@]2(C)OC2C1. The molecule has 1 nitrogen and oxygen atoms in total. The van der Waals surface area contributed by atoms with Gasteiger partial charge in [0.15, 0.2) is 0 Å². The van der Waals surface area contributed by atoms with Gasteiger partial charge in [0.05, 0.1) is 6.10 Å². The van der Waals surface area contributed by atoms with Crippen molar-refractivity contribution in [2.45, 2.75) is 38.9 Å². The van der Waals surface area contributed by atoms with E-state index in [0.29, 0.717) is 6.10 Å². The molecule has 0 radical (unpaired) electrons. The zero-order chi connectivity index (χ0) is 8.06. The quantitative estimate of drug-likeness (QED) is 0.415. The molecule has 2 rings (SSSR count). The molecule has 62 valence electrons. The molecule has 0 aromatic heterocycles. The van der Waals surface area contributed by atoms with E-state index in [1.54, 1.807) is 0 Å². The summed E-state index contributed by atoms with van der Waals surface area (Å²) in [7, 11) is 0. The average Bonchev–Trinajstić information content (AvgIpc) is 2.58. The predicted octanol–water partition coefficient (Wildman–Crippen LogP) is 2.38. The van der Waals surface area contributed by atoms with Gasteiger partial charge in [-0.25, -0.2) is 0 Å². The molecule has 1 heterocycles. The van der Waals surface area contributed by atoms with Crippen LogP contribution in [-0.2, 0) is 4.74 Å². The summed E-state index contributed by atoms with van der Waals surface area (Å²) >= 11 is 0. The summed E-state index contributed by atoms with van der Waals surface area (Å²) in [6.07, 6.45) is 6.32. The standard InChI is InChI=1S/C10H16O/c1-7(2)8-4-5-10(3)9(6-8)11-10/h4-5,7-9H,6H2,1-3H3/t8-,9?,10-/m0/s1. The number of ether oxygens (including phenoxy) is 1. The Morgan fingerprint density at radius 1 is 1.55 bits per heavy atom. The molecule has 2 aliphatic rings. The van der Waals surface area contributed by atoms with Gasteiger partial charge in [0.2, 0.25) is 0 Å². The van der Waals surface area contributed by atoms with Gasteiger partial charge in [-0.1, -0.05) is 26.0 Å². The molecule has 1 heteroatoms. The van der Waals surface area contributed by atoms with Gasteiger partial charge >= 0.3 is 0 Å². The van der Waals surface area contributed by atoms with Crippen molar-refractivity contribution in [2.24, 2.45) is 11.8 Å². The first kappa shape index (κ1) is 7.35. The van der Waals surface area contributed by atoms with Crippen molar-refractivity contribution < 1.29 is 4.74 Å². The third-order valence-electron chi connectivity index (χ3n) is 3.00. The average molecular weight is 152 g/mol. The van der Waals surface area contributed by atoms with Crippen LogP contribution in [0.5, 0.6) is 0 Å². The largest absolute Gasteiger partial charge is 0.362 e. The Balaban J connectivity index is 2.07. The molecular formula is C10H16O. The fourth-order valence-electron chi connectivity index (χ4n) is 1.84. The normalized spacial score (nSPS) is 47.6. The third kappa shape index (κ3) is 1.12. The van der Waals surface area contributed by atoms with Gasteiger partial charge in [0, 0.05) is 0 Å². The third-order valence-corrected chi connectivity index (χ3v) is 3.00. The monoisotopic (exact) mass is 152 g/mol. The lowest BCUT2D eigenvalue weighted by molar-refractivity contribution is 0.324. The number of hydrogen-bond acceptors (Lipinski definition) is 1. The highest BCUT2D eigenvalue weighted by Gasteiger charge is 2.52. The highest BCUT2D eigenvalue weighted by Crippen LogP contribution is 2.46. The number of epoxide rings is 1. The van der Waals surface area contributed by atoms with Crippen molar-refractivity contribution in [3.05, 3.63) is 12.2 Å². The van der Waals surface area contributed by atoms with E-state index < -0.39 is 0 Å². The van der Waals surface area contributed by atoms with Crippen LogP contribution in [-0.4, -0.2) is 11.7 Å². The topological polar surface area (TPSA) is 12.5 Å². The molecule has 1 saturated heterocycles. The smallest absolute Gasteiger partial charge is 0.110 e. The van der Waals surface area contributed by atoms with Crippen LogP contribution in [0.4, 0.5) is 0 Å². The molecule has 0 aromatic carbocycles. The van der Waals surface area contributed by atoms with Gasteiger partial charge in [-0.05, 0) is 25.2 Å². The molecular weight excluding hydrogens is 136 g/mol. The maximum Gasteiger partial charge on any atom is 0.110 e. The van der Waals surface area contributed by atoms with Crippen molar-refractivity contribution in [2.75, 3.05) is 0 Å². The van der Waals surface area contributed by atoms with E-state index in [2.05, 4.69) is 32.9 Å². The molecule has 1 unspecified atom stereocenters. The minimum Gasteiger partial charge on any atom is -0.362 e. The highest BCUT2D eigenvalue weighted by atomic mass is 16.6. The Kier molecular flexibility index (Phi) is 1.40. The zero-order valence-electron chi connectivity index (χ0n) is 7.50. The van der Waals surface area contributed by atoms with E-state index >= 15 is 0 Å². The maximum absolute atomic E-state index is 5.56. The fourth-order valence-corrected chi connectivity index (χ4v) is 1.84. The molecule has 3 atom stereocenters. The molecule has 0 bridgehead atoms. The maximum atomic E-state index is 5.56. The first-order chi connectivity index (χ1) is 5.12. The second-order valence-corrected chi connectivity index (χ2v) is 4.29. The first-order valence-electron chi connectivity index (χ1n) is 4.49. The molecule has 0 aromatic rings. The summed E-state index contributed by atoms with van der Waals surface area (Å²) in [5.41, 5.74) is 0.130. The van der Waals surface area contributed by atoms with Crippen LogP contribution in [0.15, 0.2) is 12.2 Å². The Bertz CT molecular complexity index is 195. The van der Waals surface area contributed by atoms with Crippen LogP contribution in [0.25, 0.3) is 0 Å². The van der Waals surface area contributed by atoms with Crippen LogP contribution in [0.2, 0.25) is 0 Å². The van der Waals surface area contributed by atoms with Gasteiger partial charge in [-0.15, -0.1) is 0 Å². The van der Waals surface area contributed by atoms with E-state index in [1.807, 2.05) is 0 Å². The molecule has 1 fully saturated rings. The van der Waals surface area contributed by atoms with E-state index in [4.69, 9.17) is 4.74 Å². The Morgan fingerprint density at radius 2 is 2.27 bits per heavy atom. The zero-order valence-corrected chi connectivity index (χ0v) is 7.50. The number of rotatable bonds is 1. The summed E-state index contributed by atoms with van der Waals surface area (Å²) in [5.74, 6) is 1.51. The van der Waals surface area contributed by atoms with Gasteiger partial charge < -0.3 is 4.74 Å². The summed E-state index contributed by atoms with van der Waals surface area (Å²) in [6, 6.07) is 0. The summed E-state index contributed by atoms with van der Waals surface area (Å²) < 4.78 is 5.56. The van der Waals surface area contributed by atoms with Crippen LogP contribution in [0.3, 0.4) is 0 Å². The van der Waals surface area contributed by atoms with Gasteiger partial charge in [-0.2, -0.15) is 0 Å². The molecule has 11 heavy (non-hydrogen) atoms. The minimum atomic E-state index is 0.130. The summed E-state index contributed by atoms with van der Waals surface area (Å²) in [6.45, 7) is 6.73. The van der Waals surface area contributed by atoms with Crippen LogP contribution < -0.4 is 0 Å². The number of hydrogen-bond donors (Lipinski definition) is 0. The summed E-state index contributed by atoms with van der Waals surface area (Å²) in [4.78, 5) is 0. The van der Waals surface area contributed by atoms with Crippen molar-refractivity contribution in [3.8, 4) is 0 Å². The second-order valence-electron chi connectivity index (χ2n) is 4.29. The Hall–Kier alpha value is -0.300. The first-order valence-corrected chi connectivity index (χ1v) is 4.49. The molecule has 0 spiro atoms. The summed E-state index contributed by atoms with van der Waals surface area (Å²) in [5, 5.41) is 0. The van der Waals surface area contributed by atoms with Crippen LogP contribution >= 0.6 is 0 Å². The molecule has 0 amide bonds.